The minimum atomic E-state index is -0.322. The molecule has 0 aliphatic carbocycles. The Kier molecular flexibility index (Phi) is 6.68. The SMILES string of the molecule is O=C(CCCC[C@@H]1SC[C@@H]2NC(=O)N[C@@H]21)NCCSC1CC(=O)NC1=O. The molecule has 3 fully saturated rings. The Balaban J connectivity index is 1.21. The first-order valence-corrected chi connectivity index (χ1v) is 11.0. The first-order valence-electron chi connectivity index (χ1n) is 8.93. The number of carbonyl (C=O) groups is 4. The number of amides is 5. The van der Waals surface area contributed by atoms with Gasteiger partial charge in [0, 0.05) is 36.1 Å². The van der Waals surface area contributed by atoms with Crippen LogP contribution in [0.25, 0.3) is 0 Å². The Labute approximate surface area is 160 Å². The van der Waals surface area contributed by atoms with Gasteiger partial charge in [0.25, 0.3) is 0 Å². The Hall–Kier alpha value is -1.42. The van der Waals surface area contributed by atoms with Crippen LogP contribution in [0.1, 0.15) is 32.1 Å². The number of thioether (sulfide) groups is 2. The summed E-state index contributed by atoms with van der Waals surface area (Å²) in [5, 5.41) is 11.1. The summed E-state index contributed by atoms with van der Waals surface area (Å²) in [6.07, 6.45) is 3.51. The molecule has 0 spiro atoms. The Bertz CT molecular complexity index is 589. The van der Waals surface area contributed by atoms with E-state index < -0.39 is 0 Å². The second kappa shape index (κ2) is 8.98. The molecule has 3 heterocycles. The average Bonchev–Trinajstić information content (AvgIpc) is 3.23. The van der Waals surface area contributed by atoms with Crippen LogP contribution in [0.5, 0.6) is 0 Å². The van der Waals surface area contributed by atoms with E-state index in [1.54, 1.807) is 0 Å². The highest BCUT2D eigenvalue weighted by molar-refractivity contribution is 8.00. The molecule has 0 aromatic heterocycles. The van der Waals surface area contributed by atoms with Gasteiger partial charge >= 0.3 is 6.03 Å². The molecule has 3 saturated heterocycles. The van der Waals surface area contributed by atoms with Crippen LogP contribution in [0.4, 0.5) is 4.79 Å². The molecule has 4 N–H and O–H groups in total. The molecule has 26 heavy (non-hydrogen) atoms. The molecule has 8 nitrogen and oxygen atoms in total. The van der Waals surface area contributed by atoms with E-state index in [0.717, 1.165) is 25.0 Å². The summed E-state index contributed by atoms with van der Waals surface area (Å²) in [6.45, 7) is 0.501. The molecular weight excluding hydrogens is 376 g/mol. The third-order valence-electron chi connectivity index (χ3n) is 4.75. The van der Waals surface area contributed by atoms with E-state index in [1.165, 1.54) is 11.8 Å². The maximum Gasteiger partial charge on any atom is 0.315 e. The van der Waals surface area contributed by atoms with Crippen LogP contribution < -0.4 is 21.3 Å². The standard InChI is InChI=1S/C16H24N4O4S2/c21-12(17-5-6-25-11-7-13(22)19-15(11)23)4-2-1-3-10-14-9(8-26-10)18-16(24)20-14/h9-11,14H,1-8H2,(H,17,21)(H2,18,20,24)(H,19,22,23)/t9-,10-,11?,14-/m0/s1. The molecule has 10 heteroatoms. The van der Waals surface area contributed by atoms with Crippen molar-refractivity contribution >= 4 is 47.3 Å². The molecular formula is C16H24N4O4S2. The van der Waals surface area contributed by atoms with Crippen molar-refractivity contribution in [3.63, 3.8) is 0 Å². The predicted molar refractivity (Wildman–Crippen MR) is 101 cm³/mol. The summed E-state index contributed by atoms with van der Waals surface area (Å²) in [6, 6.07) is 0.399. The first kappa shape index (κ1) is 19.3. The number of hydrogen-bond acceptors (Lipinski definition) is 6. The molecule has 4 atom stereocenters. The Morgan fingerprint density at radius 2 is 2.08 bits per heavy atom. The van der Waals surface area contributed by atoms with Crippen LogP contribution in [0.15, 0.2) is 0 Å². The molecule has 5 amide bonds. The predicted octanol–water partition coefficient (Wildman–Crippen LogP) is -0.0233. The summed E-state index contributed by atoms with van der Waals surface area (Å²) in [5.41, 5.74) is 0. The van der Waals surface area contributed by atoms with Crippen LogP contribution in [-0.4, -0.2) is 64.4 Å². The molecule has 0 aromatic rings. The zero-order valence-electron chi connectivity index (χ0n) is 14.4. The highest BCUT2D eigenvalue weighted by Gasteiger charge is 2.42. The number of unbranched alkanes of at least 4 members (excludes halogenated alkanes) is 1. The summed E-state index contributed by atoms with van der Waals surface area (Å²) >= 11 is 3.29. The van der Waals surface area contributed by atoms with Gasteiger partial charge in [0.1, 0.15) is 0 Å². The van der Waals surface area contributed by atoms with Crippen molar-refractivity contribution in [2.24, 2.45) is 0 Å². The maximum atomic E-state index is 11.9. The van der Waals surface area contributed by atoms with Crippen LogP contribution in [0.3, 0.4) is 0 Å². The lowest BCUT2D eigenvalue weighted by molar-refractivity contribution is -0.125. The van der Waals surface area contributed by atoms with Crippen LogP contribution in [0.2, 0.25) is 0 Å². The average molecular weight is 401 g/mol. The van der Waals surface area contributed by atoms with Gasteiger partial charge in [-0.3, -0.25) is 19.7 Å². The van der Waals surface area contributed by atoms with Crippen molar-refractivity contribution in [3.05, 3.63) is 0 Å². The normalized spacial score (nSPS) is 29.9. The van der Waals surface area contributed by atoms with Crippen molar-refractivity contribution < 1.29 is 19.2 Å². The molecule has 0 bridgehead atoms. The van der Waals surface area contributed by atoms with E-state index in [-0.39, 0.29) is 47.5 Å². The van der Waals surface area contributed by atoms with Crippen molar-refractivity contribution in [1.82, 2.24) is 21.3 Å². The second-order valence-electron chi connectivity index (χ2n) is 6.69. The van der Waals surface area contributed by atoms with E-state index >= 15 is 0 Å². The van der Waals surface area contributed by atoms with Gasteiger partial charge < -0.3 is 16.0 Å². The number of fused-ring (bicyclic) bond motifs is 1. The topological polar surface area (TPSA) is 116 Å². The summed E-state index contributed by atoms with van der Waals surface area (Å²) in [7, 11) is 0. The van der Waals surface area contributed by atoms with Gasteiger partial charge in [-0.05, 0) is 12.8 Å². The third-order valence-corrected chi connectivity index (χ3v) is 7.48. The van der Waals surface area contributed by atoms with E-state index in [1.807, 2.05) is 11.8 Å². The van der Waals surface area contributed by atoms with E-state index in [0.29, 0.717) is 24.0 Å². The number of nitrogens with one attached hydrogen (secondary N) is 4. The van der Waals surface area contributed by atoms with E-state index in [9.17, 15) is 19.2 Å². The fourth-order valence-corrected chi connectivity index (χ4v) is 5.95. The number of imide groups is 1. The number of urea groups is 1. The third kappa shape index (κ3) is 5.06. The van der Waals surface area contributed by atoms with Crippen molar-refractivity contribution in [2.75, 3.05) is 18.1 Å². The Morgan fingerprint density at radius 1 is 1.23 bits per heavy atom. The lowest BCUT2D eigenvalue weighted by Gasteiger charge is -2.16. The number of hydrogen-bond donors (Lipinski definition) is 4. The van der Waals surface area contributed by atoms with Gasteiger partial charge in [-0.15, -0.1) is 11.8 Å². The minimum absolute atomic E-state index is 0.0188. The van der Waals surface area contributed by atoms with Gasteiger partial charge in [-0.1, -0.05) is 6.42 Å². The smallest absolute Gasteiger partial charge is 0.315 e. The molecule has 0 radical (unpaired) electrons. The summed E-state index contributed by atoms with van der Waals surface area (Å²) in [5.74, 6) is 1.14. The Morgan fingerprint density at radius 3 is 2.85 bits per heavy atom. The van der Waals surface area contributed by atoms with Crippen molar-refractivity contribution in [1.29, 1.82) is 0 Å². The molecule has 3 aliphatic rings. The van der Waals surface area contributed by atoms with Crippen molar-refractivity contribution in [2.45, 2.75) is 54.7 Å². The fourth-order valence-electron chi connectivity index (χ4n) is 3.42. The first-order chi connectivity index (χ1) is 12.5. The van der Waals surface area contributed by atoms with Crippen LogP contribution in [0, 0.1) is 0 Å². The summed E-state index contributed by atoms with van der Waals surface area (Å²) in [4.78, 5) is 45.7. The zero-order chi connectivity index (χ0) is 18.5. The van der Waals surface area contributed by atoms with Gasteiger partial charge in [-0.2, -0.15) is 11.8 Å². The van der Waals surface area contributed by atoms with E-state index in [4.69, 9.17) is 0 Å². The quantitative estimate of drug-likeness (QED) is 0.246. The molecule has 0 saturated carbocycles. The van der Waals surface area contributed by atoms with Crippen molar-refractivity contribution in [3.8, 4) is 0 Å². The zero-order valence-corrected chi connectivity index (χ0v) is 16.0. The highest BCUT2D eigenvalue weighted by Crippen LogP contribution is 2.33. The second-order valence-corrected chi connectivity index (χ2v) is 9.28. The fraction of sp³-hybridized carbons (Fsp3) is 0.750. The number of carbonyl (C=O) groups excluding carboxylic acids is 4. The van der Waals surface area contributed by atoms with Gasteiger partial charge in [-0.25, -0.2) is 4.79 Å². The van der Waals surface area contributed by atoms with Gasteiger partial charge in [0.05, 0.1) is 17.3 Å². The maximum absolute atomic E-state index is 11.9. The lowest BCUT2D eigenvalue weighted by atomic mass is 10.0. The molecule has 1 unspecified atom stereocenters. The highest BCUT2D eigenvalue weighted by atomic mass is 32.2. The number of rotatable bonds is 9. The monoisotopic (exact) mass is 400 g/mol. The van der Waals surface area contributed by atoms with Gasteiger partial charge in [0.2, 0.25) is 17.7 Å². The van der Waals surface area contributed by atoms with Crippen LogP contribution in [-0.2, 0) is 14.4 Å². The largest absolute Gasteiger partial charge is 0.355 e. The lowest BCUT2D eigenvalue weighted by Crippen LogP contribution is -2.36. The van der Waals surface area contributed by atoms with Gasteiger partial charge in [0.15, 0.2) is 0 Å². The molecule has 0 aromatic carbocycles. The molecule has 3 aliphatic heterocycles. The minimum Gasteiger partial charge on any atom is -0.355 e. The molecule has 144 valence electrons. The van der Waals surface area contributed by atoms with Crippen LogP contribution >= 0.6 is 23.5 Å². The van der Waals surface area contributed by atoms with E-state index in [2.05, 4.69) is 21.3 Å². The summed E-state index contributed by atoms with van der Waals surface area (Å²) < 4.78 is 0. The molecule has 3 rings (SSSR count).